The molecule has 0 aliphatic heterocycles. The molecule has 0 fully saturated rings. The third-order valence-electron chi connectivity index (χ3n) is 3.23. The molecule has 1 N–H and O–H groups in total. The summed E-state index contributed by atoms with van der Waals surface area (Å²) in [6, 6.07) is 4.70. The van der Waals surface area contributed by atoms with E-state index in [0.29, 0.717) is 11.2 Å². The summed E-state index contributed by atoms with van der Waals surface area (Å²) < 4.78 is 29.4. The number of thiazole rings is 1. The van der Waals surface area contributed by atoms with Crippen molar-refractivity contribution in [2.24, 2.45) is 0 Å². The fourth-order valence-electron chi connectivity index (χ4n) is 1.93. The van der Waals surface area contributed by atoms with Crippen LogP contribution < -0.4 is 9.60 Å². The molecule has 0 radical (unpaired) electrons. The molecule has 0 aliphatic rings. The van der Waals surface area contributed by atoms with Crippen LogP contribution in [0.5, 0.6) is 0 Å². The summed E-state index contributed by atoms with van der Waals surface area (Å²) in [6.45, 7) is 6.21. The van der Waals surface area contributed by atoms with Crippen molar-refractivity contribution in [3.8, 4) is 0 Å². The largest absolute Gasteiger partial charge is 0.308 e. The van der Waals surface area contributed by atoms with Crippen molar-refractivity contribution in [1.82, 2.24) is 9.29 Å². The van der Waals surface area contributed by atoms with E-state index < -0.39 is 10.0 Å². The van der Waals surface area contributed by atoms with Crippen LogP contribution in [0.1, 0.15) is 27.2 Å². The Morgan fingerprint density at radius 3 is 2.65 bits per heavy atom. The summed E-state index contributed by atoms with van der Waals surface area (Å²) in [5.74, 6) is 0. The van der Waals surface area contributed by atoms with Gasteiger partial charge in [-0.3, -0.25) is 9.36 Å². The number of aromatic nitrogens is 1. The van der Waals surface area contributed by atoms with Crippen LogP contribution in [0.2, 0.25) is 0 Å². The van der Waals surface area contributed by atoms with Crippen molar-refractivity contribution >= 4 is 31.6 Å². The van der Waals surface area contributed by atoms with Gasteiger partial charge in [0, 0.05) is 12.6 Å². The summed E-state index contributed by atoms with van der Waals surface area (Å²) in [5, 5.41) is 0. The van der Waals surface area contributed by atoms with Crippen molar-refractivity contribution in [2.45, 2.75) is 44.7 Å². The minimum absolute atomic E-state index is 0.0630. The predicted octanol–water partition coefficient (Wildman–Crippen LogP) is 2.16. The Morgan fingerprint density at radius 2 is 2.05 bits per heavy atom. The lowest BCUT2D eigenvalue weighted by Crippen LogP contribution is -2.31. The van der Waals surface area contributed by atoms with Gasteiger partial charge >= 0.3 is 4.87 Å². The standard InChI is InChI=1S/C13H18N2O3S2/c1-4-9(3)14-20(17,18)10-6-7-11-12(8-10)19-13(16)15(11)5-2/h6-9,14H,4-5H2,1-3H3/t9-/m0/s1. The number of rotatable bonds is 5. The average molecular weight is 314 g/mol. The molecule has 2 aromatic rings. The number of benzene rings is 1. The Kier molecular flexibility index (Phi) is 4.31. The highest BCUT2D eigenvalue weighted by Crippen LogP contribution is 2.21. The maximum atomic E-state index is 12.2. The van der Waals surface area contributed by atoms with Crippen LogP contribution in [0.3, 0.4) is 0 Å². The molecule has 1 heterocycles. The maximum absolute atomic E-state index is 12.2. The fourth-order valence-corrected chi connectivity index (χ4v) is 4.35. The second-order valence-corrected chi connectivity index (χ2v) is 7.38. The van der Waals surface area contributed by atoms with E-state index in [2.05, 4.69) is 4.72 Å². The summed E-state index contributed by atoms with van der Waals surface area (Å²) in [7, 11) is -3.53. The molecule has 110 valence electrons. The van der Waals surface area contributed by atoms with Gasteiger partial charge in [0.25, 0.3) is 0 Å². The Labute approximate surface area is 122 Å². The minimum atomic E-state index is -3.53. The predicted molar refractivity (Wildman–Crippen MR) is 81.8 cm³/mol. The molecule has 0 spiro atoms. The molecule has 20 heavy (non-hydrogen) atoms. The SMILES string of the molecule is CC[C@H](C)NS(=O)(=O)c1ccc2c(c1)sc(=O)n2CC. The molecule has 0 saturated heterocycles. The second kappa shape index (κ2) is 5.67. The molecule has 5 nitrogen and oxygen atoms in total. The summed E-state index contributed by atoms with van der Waals surface area (Å²) in [4.78, 5) is 11.9. The molecule has 0 saturated carbocycles. The van der Waals surface area contributed by atoms with Crippen molar-refractivity contribution in [2.75, 3.05) is 0 Å². The third kappa shape index (κ3) is 2.79. The van der Waals surface area contributed by atoms with Crippen molar-refractivity contribution < 1.29 is 8.42 Å². The van der Waals surface area contributed by atoms with E-state index in [1.807, 2.05) is 20.8 Å². The molecule has 0 aliphatic carbocycles. The Balaban J connectivity index is 2.50. The van der Waals surface area contributed by atoms with Gasteiger partial charge in [-0.2, -0.15) is 0 Å². The quantitative estimate of drug-likeness (QED) is 0.919. The zero-order valence-corrected chi connectivity index (χ0v) is 13.3. The van der Waals surface area contributed by atoms with Crippen LogP contribution >= 0.6 is 11.3 Å². The van der Waals surface area contributed by atoms with Gasteiger partial charge < -0.3 is 0 Å². The van der Waals surface area contributed by atoms with Gasteiger partial charge in [0.05, 0.1) is 15.1 Å². The summed E-state index contributed by atoms with van der Waals surface area (Å²) in [5.41, 5.74) is 0.782. The number of hydrogen-bond acceptors (Lipinski definition) is 4. The number of sulfonamides is 1. The van der Waals surface area contributed by atoms with E-state index in [1.54, 1.807) is 22.8 Å². The molecular formula is C13H18N2O3S2. The summed E-state index contributed by atoms with van der Waals surface area (Å²) >= 11 is 1.07. The van der Waals surface area contributed by atoms with E-state index in [0.717, 1.165) is 23.3 Å². The number of fused-ring (bicyclic) bond motifs is 1. The van der Waals surface area contributed by atoms with Crippen LogP contribution in [0.4, 0.5) is 0 Å². The first-order chi connectivity index (χ1) is 9.39. The van der Waals surface area contributed by atoms with E-state index in [4.69, 9.17) is 0 Å². The zero-order valence-electron chi connectivity index (χ0n) is 11.7. The normalized spacial score (nSPS) is 13.8. The Morgan fingerprint density at radius 1 is 1.35 bits per heavy atom. The van der Waals surface area contributed by atoms with Crippen molar-refractivity contribution in [3.63, 3.8) is 0 Å². The van der Waals surface area contributed by atoms with E-state index in [-0.39, 0.29) is 15.8 Å². The molecule has 2 rings (SSSR count). The van der Waals surface area contributed by atoms with Crippen LogP contribution in [0.15, 0.2) is 27.9 Å². The van der Waals surface area contributed by atoms with Gasteiger partial charge in [-0.1, -0.05) is 18.3 Å². The number of nitrogens with one attached hydrogen (secondary N) is 1. The molecule has 0 amide bonds. The van der Waals surface area contributed by atoms with Crippen LogP contribution in [-0.2, 0) is 16.6 Å². The smallest absolute Gasteiger partial charge is 0.299 e. The lowest BCUT2D eigenvalue weighted by atomic mass is 10.3. The molecule has 1 atom stereocenters. The van der Waals surface area contributed by atoms with E-state index >= 15 is 0 Å². The Bertz CT molecular complexity index is 775. The van der Waals surface area contributed by atoms with Gasteiger partial charge in [-0.05, 0) is 38.5 Å². The molecular weight excluding hydrogens is 296 g/mol. The maximum Gasteiger partial charge on any atom is 0.308 e. The highest BCUT2D eigenvalue weighted by Gasteiger charge is 2.18. The van der Waals surface area contributed by atoms with Crippen LogP contribution in [0.25, 0.3) is 10.2 Å². The van der Waals surface area contributed by atoms with Crippen LogP contribution in [0, 0.1) is 0 Å². The highest BCUT2D eigenvalue weighted by atomic mass is 32.2. The lowest BCUT2D eigenvalue weighted by Gasteiger charge is -2.12. The molecule has 7 heteroatoms. The first kappa shape index (κ1) is 15.2. The summed E-state index contributed by atoms with van der Waals surface area (Å²) in [6.07, 6.45) is 0.723. The van der Waals surface area contributed by atoms with Crippen molar-refractivity contribution in [3.05, 3.63) is 27.9 Å². The van der Waals surface area contributed by atoms with Crippen LogP contribution in [-0.4, -0.2) is 19.0 Å². The van der Waals surface area contributed by atoms with E-state index in [1.165, 1.54) is 0 Å². The first-order valence-electron chi connectivity index (χ1n) is 6.54. The topological polar surface area (TPSA) is 68.2 Å². The van der Waals surface area contributed by atoms with Crippen molar-refractivity contribution in [1.29, 1.82) is 0 Å². The van der Waals surface area contributed by atoms with Gasteiger partial charge in [-0.25, -0.2) is 13.1 Å². The van der Waals surface area contributed by atoms with Gasteiger partial charge in [0.2, 0.25) is 10.0 Å². The number of hydrogen-bond donors (Lipinski definition) is 1. The molecule has 1 aromatic heterocycles. The third-order valence-corrected chi connectivity index (χ3v) is 5.76. The van der Waals surface area contributed by atoms with E-state index in [9.17, 15) is 13.2 Å². The Hall–Kier alpha value is -1.18. The van der Waals surface area contributed by atoms with Gasteiger partial charge in [-0.15, -0.1) is 0 Å². The highest BCUT2D eigenvalue weighted by molar-refractivity contribution is 7.89. The average Bonchev–Trinajstić information content (AvgIpc) is 2.72. The molecule has 1 aromatic carbocycles. The first-order valence-corrected chi connectivity index (χ1v) is 8.84. The fraction of sp³-hybridized carbons (Fsp3) is 0.462. The molecule has 0 unspecified atom stereocenters. The monoisotopic (exact) mass is 314 g/mol. The second-order valence-electron chi connectivity index (χ2n) is 4.67. The van der Waals surface area contributed by atoms with Gasteiger partial charge in [0.1, 0.15) is 0 Å². The zero-order chi connectivity index (χ0) is 14.9. The molecule has 0 bridgehead atoms. The lowest BCUT2D eigenvalue weighted by molar-refractivity contribution is 0.556. The van der Waals surface area contributed by atoms with Gasteiger partial charge in [0.15, 0.2) is 0 Å². The number of aryl methyl sites for hydroxylation is 1. The minimum Gasteiger partial charge on any atom is -0.299 e. The number of nitrogens with zero attached hydrogens (tertiary/aromatic N) is 1.